The molecule has 0 saturated heterocycles. The fraction of sp³-hybridized carbons (Fsp3) is 0.500. The minimum absolute atomic E-state index is 0.0471. The van der Waals surface area contributed by atoms with Crippen LogP contribution in [0.2, 0.25) is 0 Å². The van der Waals surface area contributed by atoms with Crippen LogP contribution in [0.25, 0.3) is 5.57 Å². The summed E-state index contributed by atoms with van der Waals surface area (Å²) in [6.07, 6.45) is 8.96. The average Bonchev–Trinajstić information content (AvgIpc) is 2.47. The minimum atomic E-state index is -0.0471. The van der Waals surface area contributed by atoms with Crippen molar-refractivity contribution in [3.8, 4) is 5.75 Å². The van der Waals surface area contributed by atoms with Gasteiger partial charge in [-0.1, -0.05) is 51.2 Å². The summed E-state index contributed by atoms with van der Waals surface area (Å²) in [5.74, 6) is 0.188. The highest BCUT2D eigenvalue weighted by atomic mass is 16.3. The number of rotatable bonds is 9. The Labute approximate surface area is 128 Å². The number of hydrogen-bond donors (Lipinski definition) is 2. The van der Waals surface area contributed by atoms with E-state index in [1.807, 2.05) is 19.1 Å². The van der Waals surface area contributed by atoms with Crippen molar-refractivity contribution in [1.82, 2.24) is 5.32 Å². The number of hydrogen-bond acceptors (Lipinski definition) is 2. The van der Waals surface area contributed by atoms with Crippen LogP contribution in [-0.4, -0.2) is 17.6 Å². The lowest BCUT2D eigenvalue weighted by molar-refractivity contribution is -0.116. The Kier molecular flexibility index (Phi) is 8.25. The van der Waals surface area contributed by atoms with E-state index in [0.29, 0.717) is 0 Å². The van der Waals surface area contributed by atoms with Gasteiger partial charge >= 0.3 is 0 Å². The predicted octanol–water partition coefficient (Wildman–Crippen LogP) is 4.27. The second-order valence-corrected chi connectivity index (χ2v) is 5.43. The number of benzene rings is 1. The fourth-order valence-electron chi connectivity index (χ4n) is 2.17. The third-order valence-corrected chi connectivity index (χ3v) is 3.50. The number of aromatic hydroxyl groups is 1. The van der Waals surface area contributed by atoms with Gasteiger partial charge in [0.2, 0.25) is 5.91 Å². The quantitative estimate of drug-likeness (QED) is 0.527. The van der Waals surface area contributed by atoms with Crippen molar-refractivity contribution in [1.29, 1.82) is 0 Å². The van der Waals surface area contributed by atoms with Gasteiger partial charge in [0.15, 0.2) is 0 Å². The van der Waals surface area contributed by atoms with Crippen LogP contribution < -0.4 is 5.32 Å². The van der Waals surface area contributed by atoms with Gasteiger partial charge in [-0.05, 0) is 36.6 Å². The molecule has 0 heterocycles. The highest BCUT2D eigenvalue weighted by Gasteiger charge is 2.00. The monoisotopic (exact) mass is 289 g/mol. The topological polar surface area (TPSA) is 49.3 Å². The van der Waals surface area contributed by atoms with Gasteiger partial charge < -0.3 is 10.4 Å². The molecule has 0 aliphatic carbocycles. The lowest BCUT2D eigenvalue weighted by Gasteiger charge is -2.05. The van der Waals surface area contributed by atoms with Crippen LogP contribution >= 0.6 is 0 Å². The summed E-state index contributed by atoms with van der Waals surface area (Å²) >= 11 is 0. The van der Waals surface area contributed by atoms with Crippen molar-refractivity contribution in [2.75, 3.05) is 6.54 Å². The van der Waals surface area contributed by atoms with Gasteiger partial charge in [-0.25, -0.2) is 0 Å². The van der Waals surface area contributed by atoms with Crippen molar-refractivity contribution in [2.24, 2.45) is 0 Å². The van der Waals surface area contributed by atoms with E-state index in [1.54, 1.807) is 18.2 Å². The van der Waals surface area contributed by atoms with Crippen LogP contribution in [0.5, 0.6) is 5.75 Å². The minimum Gasteiger partial charge on any atom is -0.508 e. The van der Waals surface area contributed by atoms with E-state index in [-0.39, 0.29) is 11.7 Å². The molecule has 1 aromatic carbocycles. The molecule has 3 heteroatoms. The highest BCUT2D eigenvalue weighted by Crippen LogP contribution is 2.17. The third kappa shape index (κ3) is 7.54. The number of phenols is 1. The molecular weight excluding hydrogens is 262 g/mol. The van der Waals surface area contributed by atoms with E-state index in [0.717, 1.165) is 24.1 Å². The third-order valence-electron chi connectivity index (χ3n) is 3.50. The number of amides is 1. The van der Waals surface area contributed by atoms with E-state index in [1.165, 1.54) is 32.1 Å². The normalized spacial score (nSPS) is 11.4. The van der Waals surface area contributed by atoms with Gasteiger partial charge in [-0.2, -0.15) is 0 Å². The fourth-order valence-corrected chi connectivity index (χ4v) is 2.17. The maximum Gasteiger partial charge on any atom is 0.244 e. The SMILES string of the molecule is CCCCCCCCNC(=O)C=C(C)c1ccc(O)cc1. The molecule has 0 unspecified atom stereocenters. The molecule has 0 saturated carbocycles. The molecule has 0 fully saturated rings. The van der Waals surface area contributed by atoms with E-state index in [9.17, 15) is 9.90 Å². The smallest absolute Gasteiger partial charge is 0.244 e. The van der Waals surface area contributed by atoms with E-state index >= 15 is 0 Å². The largest absolute Gasteiger partial charge is 0.508 e. The summed E-state index contributed by atoms with van der Waals surface area (Å²) < 4.78 is 0. The van der Waals surface area contributed by atoms with Gasteiger partial charge in [0.25, 0.3) is 0 Å². The molecule has 0 atom stereocenters. The maximum absolute atomic E-state index is 11.8. The van der Waals surface area contributed by atoms with Crippen LogP contribution in [0.15, 0.2) is 30.3 Å². The zero-order valence-electron chi connectivity index (χ0n) is 13.2. The maximum atomic E-state index is 11.8. The average molecular weight is 289 g/mol. The lowest BCUT2D eigenvalue weighted by Crippen LogP contribution is -2.22. The Morgan fingerprint density at radius 1 is 1.10 bits per heavy atom. The number of nitrogens with one attached hydrogen (secondary N) is 1. The number of unbranched alkanes of at least 4 members (excludes halogenated alkanes) is 5. The van der Waals surface area contributed by atoms with E-state index in [2.05, 4.69) is 12.2 Å². The molecule has 0 aromatic heterocycles. The summed E-state index contributed by atoms with van der Waals surface area (Å²) in [5, 5.41) is 12.2. The van der Waals surface area contributed by atoms with Gasteiger partial charge in [-0.3, -0.25) is 4.79 Å². The molecule has 0 bridgehead atoms. The number of phenolic OH excluding ortho intramolecular Hbond substituents is 1. The molecule has 2 N–H and O–H groups in total. The second-order valence-electron chi connectivity index (χ2n) is 5.43. The summed E-state index contributed by atoms with van der Waals surface area (Å²) in [5.41, 5.74) is 1.85. The number of allylic oxidation sites excluding steroid dienone is 1. The molecule has 1 amide bonds. The Hall–Kier alpha value is -1.77. The summed E-state index contributed by atoms with van der Waals surface area (Å²) in [4.78, 5) is 11.8. The van der Waals surface area contributed by atoms with Crippen LogP contribution in [0, 0.1) is 0 Å². The number of carbonyl (C=O) groups excluding carboxylic acids is 1. The Balaban J connectivity index is 2.26. The molecule has 0 aliphatic rings. The van der Waals surface area contributed by atoms with Crippen LogP contribution in [0.3, 0.4) is 0 Å². The van der Waals surface area contributed by atoms with E-state index < -0.39 is 0 Å². The van der Waals surface area contributed by atoms with Crippen molar-refractivity contribution < 1.29 is 9.90 Å². The van der Waals surface area contributed by atoms with Crippen molar-refractivity contribution in [2.45, 2.75) is 52.4 Å². The molecule has 1 rings (SSSR count). The first-order valence-corrected chi connectivity index (χ1v) is 7.89. The van der Waals surface area contributed by atoms with Crippen LogP contribution in [-0.2, 0) is 4.79 Å². The van der Waals surface area contributed by atoms with Crippen LogP contribution in [0.4, 0.5) is 0 Å². The van der Waals surface area contributed by atoms with Crippen molar-refractivity contribution >= 4 is 11.5 Å². The van der Waals surface area contributed by atoms with E-state index in [4.69, 9.17) is 0 Å². The first kappa shape index (κ1) is 17.3. The van der Waals surface area contributed by atoms with Crippen molar-refractivity contribution in [3.63, 3.8) is 0 Å². The zero-order chi connectivity index (χ0) is 15.5. The molecular formula is C18H27NO2. The molecule has 0 aliphatic heterocycles. The highest BCUT2D eigenvalue weighted by molar-refractivity contribution is 5.94. The standard InChI is InChI=1S/C18H27NO2/c1-3-4-5-6-7-8-13-19-18(21)14-15(2)16-9-11-17(20)12-10-16/h9-12,14,20H,3-8,13H2,1-2H3,(H,19,21). The first-order valence-electron chi connectivity index (χ1n) is 7.89. The van der Waals surface area contributed by atoms with Crippen LogP contribution in [0.1, 0.15) is 57.9 Å². The Morgan fingerprint density at radius 2 is 1.71 bits per heavy atom. The molecule has 0 spiro atoms. The van der Waals surface area contributed by atoms with Gasteiger partial charge in [-0.15, -0.1) is 0 Å². The van der Waals surface area contributed by atoms with Gasteiger partial charge in [0.1, 0.15) is 5.75 Å². The first-order chi connectivity index (χ1) is 10.1. The van der Waals surface area contributed by atoms with Gasteiger partial charge in [0, 0.05) is 12.6 Å². The molecule has 21 heavy (non-hydrogen) atoms. The molecule has 1 aromatic rings. The Bertz CT molecular complexity index is 449. The predicted molar refractivity (Wildman–Crippen MR) is 88.1 cm³/mol. The van der Waals surface area contributed by atoms with Crippen molar-refractivity contribution in [3.05, 3.63) is 35.9 Å². The molecule has 116 valence electrons. The Morgan fingerprint density at radius 3 is 2.38 bits per heavy atom. The molecule has 0 radical (unpaired) electrons. The lowest BCUT2D eigenvalue weighted by atomic mass is 10.1. The summed E-state index contributed by atoms with van der Waals surface area (Å²) in [6.45, 7) is 4.85. The van der Waals surface area contributed by atoms with Gasteiger partial charge in [0.05, 0.1) is 0 Å². The second kappa shape index (κ2) is 10.0. The zero-order valence-corrected chi connectivity index (χ0v) is 13.2. The summed E-state index contributed by atoms with van der Waals surface area (Å²) in [7, 11) is 0. The number of carbonyl (C=O) groups is 1. The summed E-state index contributed by atoms with van der Waals surface area (Å²) in [6, 6.07) is 6.87. The molecule has 3 nitrogen and oxygen atoms in total.